The van der Waals surface area contributed by atoms with Crippen LogP contribution >= 0.6 is 15.9 Å². The number of benzene rings is 1. The van der Waals surface area contributed by atoms with Crippen molar-refractivity contribution in [3.8, 4) is 5.75 Å². The van der Waals surface area contributed by atoms with Crippen molar-refractivity contribution in [3.63, 3.8) is 0 Å². The van der Waals surface area contributed by atoms with Crippen LogP contribution in [0.5, 0.6) is 5.75 Å². The minimum Gasteiger partial charge on any atom is -0.506 e. The molecule has 0 aliphatic rings. The van der Waals surface area contributed by atoms with Gasteiger partial charge in [-0.05, 0) is 47.0 Å². The topological polar surface area (TPSA) is 40.5 Å². The number of aliphatic hydroxyl groups is 1. The van der Waals surface area contributed by atoms with Gasteiger partial charge in [0, 0.05) is 5.56 Å². The summed E-state index contributed by atoms with van der Waals surface area (Å²) in [5, 5.41) is 18.5. The van der Waals surface area contributed by atoms with Crippen molar-refractivity contribution in [1.29, 1.82) is 0 Å². The van der Waals surface area contributed by atoms with Gasteiger partial charge in [0.15, 0.2) is 0 Å². The quantitative estimate of drug-likeness (QED) is 0.778. The number of aryl methyl sites for hydroxylation is 1. The van der Waals surface area contributed by atoms with Gasteiger partial charge < -0.3 is 10.2 Å². The van der Waals surface area contributed by atoms with E-state index in [2.05, 4.69) is 15.9 Å². The van der Waals surface area contributed by atoms with Crippen LogP contribution in [-0.2, 0) is 6.61 Å². The highest BCUT2D eigenvalue weighted by molar-refractivity contribution is 9.10. The molecule has 0 unspecified atom stereocenters. The van der Waals surface area contributed by atoms with Crippen LogP contribution < -0.4 is 0 Å². The largest absolute Gasteiger partial charge is 0.506 e. The van der Waals surface area contributed by atoms with E-state index in [0.717, 1.165) is 11.1 Å². The lowest BCUT2D eigenvalue weighted by Gasteiger charge is -2.10. The van der Waals surface area contributed by atoms with Crippen LogP contribution in [-0.4, -0.2) is 10.2 Å². The average Bonchev–Trinajstić information content (AvgIpc) is 2.02. The zero-order chi connectivity index (χ0) is 9.30. The van der Waals surface area contributed by atoms with Gasteiger partial charge in [0.1, 0.15) is 5.75 Å². The van der Waals surface area contributed by atoms with E-state index in [4.69, 9.17) is 5.11 Å². The molecule has 0 bridgehead atoms. The van der Waals surface area contributed by atoms with Crippen LogP contribution in [0.1, 0.15) is 16.7 Å². The third-order valence-electron chi connectivity index (χ3n) is 2.06. The highest BCUT2D eigenvalue weighted by atomic mass is 79.9. The van der Waals surface area contributed by atoms with Crippen LogP contribution in [0.2, 0.25) is 0 Å². The summed E-state index contributed by atoms with van der Waals surface area (Å²) in [7, 11) is 0. The molecule has 1 aromatic carbocycles. The molecule has 0 heterocycles. The van der Waals surface area contributed by atoms with E-state index in [0.29, 0.717) is 10.0 Å². The Balaban J connectivity index is 3.42. The molecule has 66 valence electrons. The van der Waals surface area contributed by atoms with Gasteiger partial charge in [-0.1, -0.05) is 0 Å². The Labute approximate surface area is 80.0 Å². The monoisotopic (exact) mass is 230 g/mol. The predicted molar refractivity (Wildman–Crippen MR) is 51.2 cm³/mol. The first kappa shape index (κ1) is 9.55. The van der Waals surface area contributed by atoms with Crippen LogP contribution in [0.4, 0.5) is 0 Å². The first-order valence-electron chi connectivity index (χ1n) is 3.66. The molecule has 0 aliphatic carbocycles. The molecule has 3 heteroatoms. The number of phenols is 1. The molecule has 0 aromatic heterocycles. The van der Waals surface area contributed by atoms with E-state index in [9.17, 15) is 5.11 Å². The molecule has 0 fully saturated rings. The highest BCUT2D eigenvalue weighted by Gasteiger charge is 2.09. The van der Waals surface area contributed by atoms with Crippen LogP contribution in [0.25, 0.3) is 0 Å². The normalized spacial score (nSPS) is 10.3. The minimum absolute atomic E-state index is 0.127. The molecule has 0 amide bonds. The van der Waals surface area contributed by atoms with Crippen molar-refractivity contribution in [1.82, 2.24) is 0 Å². The second-order valence-electron chi connectivity index (χ2n) is 2.79. The molecule has 0 aliphatic heterocycles. The number of hydrogen-bond donors (Lipinski definition) is 2. The van der Waals surface area contributed by atoms with Crippen molar-refractivity contribution < 1.29 is 10.2 Å². The van der Waals surface area contributed by atoms with Crippen molar-refractivity contribution >= 4 is 15.9 Å². The molecular weight excluding hydrogens is 220 g/mol. The van der Waals surface area contributed by atoms with Gasteiger partial charge in [-0.15, -0.1) is 0 Å². The van der Waals surface area contributed by atoms with E-state index < -0.39 is 0 Å². The number of aromatic hydroxyl groups is 1. The lowest BCUT2D eigenvalue weighted by Crippen LogP contribution is -1.93. The summed E-state index contributed by atoms with van der Waals surface area (Å²) < 4.78 is 0.634. The zero-order valence-electron chi connectivity index (χ0n) is 7.06. The third-order valence-corrected chi connectivity index (χ3v) is 2.66. The van der Waals surface area contributed by atoms with Crippen molar-refractivity contribution in [3.05, 3.63) is 27.2 Å². The Morgan fingerprint density at radius 2 is 2.00 bits per heavy atom. The third kappa shape index (κ3) is 1.47. The Morgan fingerprint density at radius 3 is 2.50 bits per heavy atom. The van der Waals surface area contributed by atoms with Crippen molar-refractivity contribution in [2.75, 3.05) is 0 Å². The van der Waals surface area contributed by atoms with Crippen LogP contribution in [0.3, 0.4) is 0 Å². The smallest absolute Gasteiger partial charge is 0.135 e. The summed E-state index contributed by atoms with van der Waals surface area (Å²) in [5.74, 6) is 0.139. The fourth-order valence-electron chi connectivity index (χ4n) is 1.12. The Hall–Kier alpha value is -0.540. The summed E-state index contributed by atoms with van der Waals surface area (Å²) >= 11 is 3.21. The summed E-state index contributed by atoms with van der Waals surface area (Å²) in [6, 6.07) is 1.84. The molecule has 0 saturated carbocycles. The molecular formula is C9H11BrO2. The van der Waals surface area contributed by atoms with Crippen molar-refractivity contribution in [2.45, 2.75) is 20.5 Å². The van der Waals surface area contributed by atoms with E-state index in [-0.39, 0.29) is 12.4 Å². The van der Waals surface area contributed by atoms with Gasteiger partial charge in [0.2, 0.25) is 0 Å². The Bertz CT molecular complexity index is 282. The van der Waals surface area contributed by atoms with E-state index >= 15 is 0 Å². The Kier molecular flexibility index (Phi) is 2.75. The van der Waals surface area contributed by atoms with Gasteiger partial charge in [-0.2, -0.15) is 0 Å². The molecule has 2 nitrogen and oxygen atoms in total. The second kappa shape index (κ2) is 3.46. The standard InChI is InChI=1S/C9H11BrO2/c1-5-3-8(10)9(12)7(4-11)6(5)2/h3,11-12H,4H2,1-2H3. The van der Waals surface area contributed by atoms with Gasteiger partial charge in [-0.3, -0.25) is 0 Å². The van der Waals surface area contributed by atoms with Gasteiger partial charge in [-0.25, -0.2) is 0 Å². The molecule has 1 aromatic rings. The molecule has 12 heavy (non-hydrogen) atoms. The first-order valence-corrected chi connectivity index (χ1v) is 4.45. The predicted octanol–water partition coefficient (Wildman–Crippen LogP) is 2.26. The van der Waals surface area contributed by atoms with Crippen LogP contribution in [0.15, 0.2) is 10.5 Å². The highest BCUT2D eigenvalue weighted by Crippen LogP contribution is 2.32. The lowest BCUT2D eigenvalue weighted by molar-refractivity contribution is 0.274. The maximum Gasteiger partial charge on any atom is 0.135 e. The van der Waals surface area contributed by atoms with E-state index in [1.807, 2.05) is 19.9 Å². The molecule has 0 saturated heterocycles. The average molecular weight is 231 g/mol. The number of halogens is 1. The van der Waals surface area contributed by atoms with Crippen molar-refractivity contribution in [2.24, 2.45) is 0 Å². The number of rotatable bonds is 1. The summed E-state index contributed by atoms with van der Waals surface area (Å²) in [6.07, 6.45) is 0. The SMILES string of the molecule is Cc1cc(Br)c(O)c(CO)c1C. The molecule has 0 radical (unpaired) electrons. The van der Waals surface area contributed by atoms with Gasteiger partial charge in [0.05, 0.1) is 11.1 Å². The molecule has 2 N–H and O–H groups in total. The number of aliphatic hydroxyl groups excluding tert-OH is 1. The Morgan fingerprint density at radius 1 is 1.42 bits per heavy atom. The lowest BCUT2D eigenvalue weighted by atomic mass is 10.0. The molecule has 0 spiro atoms. The summed E-state index contributed by atoms with van der Waals surface area (Å²) in [4.78, 5) is 0. The maximum absolute atomic E-state index is 9.50. The maximum atomic E-state index is 9.50. The number of hydrogen-bond acceptors (Lipinski definition) is 2. The van der Waals surface area contributed by atoms with Crippen LogP contribution in [0, 0.1) is 13.8 Å². The fourth-order valence-corrected chi connectivity index (χ4v) is 1.70. The molecule has 0 atom stereocenters. The summed E-state index contributed by atoms with van der Waals surface area (Å²) in [6.45, 7) is 3.70. The second-order valence-corrected chi connectivity index (χ2v) is 3.64. The molecule has 1 rings (SSSR count). The summed E-state index contributed by atoms with van der Waals surface area (Å²) in [5.41, 5.74) is 2.60. The zero-order valence-corrected chi connectivity index (χ0v) is 8.64. The van der Waals surface area contributed by atoms with E-state index in [1.165, 1.54) is 0 Å². The fraction of sp³-hybridized carbons (Fsp3) is 0.333. The van der Waals surface area contributed by atoms with Gasteiger partial charge in [0.25, 0.3) is 0 Å². The first-order chi connectivity index (χ1) is 5.57. The van der Waals surface area contributed by atoms with E-state index in [1.54, 1.807) is 0 Å². The van der Waals surface area contributed by atoms with Gasteiger partial charge >= 0.3 is 0 Å². The minimum atomic E-state index is -0.127.